The zero-order chi connectivity index (χ0) is 15.8. The van der Waals surface area contributed by atoms with Gasteiger partial charge in [0, 0.05) is 11.4 Å². The van der Waals surface area contributed by atoms with E-state index in [0.29, 0.717) is 18.4 Å². The minimum Gasteiger partial charge on any atom is -0.481 e. The molecule has 3 atom stereocenters. The molecule has 1 heterocycles. The van der Waals surface area contributed by atoms with Crippen molar-refractivity contribution in [3.8, 4) is 0 Å². The van der Waals surface area contributed by atoms with E-state index in [1.54, 1.807) is 6.07 Å². The summed E-state index contributed by atoms with van der Waals surface area (Å²) in [5.41, 5.74) is 0.314. The quantitative estimate of drug-likeness (QED) is 0.847. The van der Waals surface area contributed by atoms with E-state index in [2.05, 4.69) is 21.2 Å². The first-order valence-corrected chi connectivity index (χ1v) is 8.68. The Morgan fingerprint density at radius 3 is 2.62 bits per heavy atom. The number of nitrogens with one attached hydrogen (secondary N) is 1. The molecule has 1 aromatic heterocycles. The van der Waals surface area contributed by atoms with Crippen molar-refractivity contribution in [1.82, 2.24) is 5.32 Å². The number of carboxylic acid groups (broad SMARTS) is 1. The minimum absolute atomic E-state index is 0.0155. The van der Waals surface area contributed by atoms with Gasteiger partial charge < -0.3 is 10.4 Å². The van der Waals surface area contributed by atoms with Crippen LogP contribution in [0, 0.1) is 17.3 Å². The lowest BCUT2D eigenvalue weighted by Crippen LogP contribution is -2.52. The van der Waals surface area contributed by atoms with Gasteiger partial charge in [0.15, 0.2) is 0 Å². The standard InChI is InChI=1S/C15H20BrNO3S/c1-8-11(5-4-10(14(19)20)15(8,2)3)17-13(18)9-6-12(16)21-7-9/h6-8,10-11H,4-5H2,1-3H3,(H,17,18)(H,19,20). The Kier molecular flexibility index (Phi) is 4.78. The molecular weight excluding hydrogens is 354 g/mol. The van der Waals surface area contributed by atoms with E-state index < -0.39 is 5.97 Å². The topological polar surface area (TPSA) is 66.4 Å². The number of aliphatic carboxylic acids is 1. The van der Waals surface area contributed by atoms with Crippen molar-refractivity contribution < 1.29 is 14.7 Å². The van der Waals surface area contributed by atoms with Gasteiger partial charge in [-0.3, -0.25) is 9.59 Å². The summed E-state index contributed by atoms with van der Waals surface area (Å²) in [5, 5.41) is 14.2. The third-order valence-corrected chi connectivity index (χ3v) is 6.39. The van der Waals surface area contributed by atoms with Crippen molar-refractivity contribution >= 4 is 39.1 Å². The van der Waals surface area contributed by atoms with Crippen molar-refractivity contribution in [1.29, 1.82) is 0 Å². The summed E-state index contributed by atoms with van der Waals surface area (Å²) >= 11 is 4.83. The largest absolute Gasteiger partial charge is 0.481 e. The average Bonchev–Trinajstić information content (AvgIpc) is 2.81. The molecule has 0 saturated heterocycles. The van der Waals surface area contributed by atoms with E-state index in [1.165, 1.54) is 11.3 Å². The van der Waals surface area contributed by atoms with Crippen LogP contribution in [0.4, 0.5) is 0 Å². The highest BCUT2D eigenvalue weighted by Gasteiger charge is 2.46. The molecule has 0 radical (unpaired) electrons. The van der Waals surface area contributed by atoms with Crippen molar-refractivity contribution in [2.75, 3.05) is 0 Å². The van der Waals surface area contributed by atoms with Crippen LogP contribution in [0.3, 0.4) is 0 Å². The lowest BCUT2D eigenvalue weighted by atomic mass is 9.61. The molecule has 4 nitrogen and oxygen atoms in total. The van der Waals surface area contributed by atoms with E-state index in [0.717, 1.165) is 3.79 Å². The van der Waals surface area contributed by atoms with Crippen molar-refractivity contribution in [3.05, 3.63) is 20.8 Å². The molecule has 1 amide bonds. The van der Waals surface area contributed by atoms with Crippen LogP contribution in [0.2, 0.25) is 0 Å². The smallest absolute Gasteiger partial charge is 0.307 e. The molecule has 0 aromatic carbocycles. The van der Waals surface area contributed by atoms with Gasteiger partial charge in [-0.15, -0.1) is 11.3 Å². The number of carbonyl (C=O) groups excluding carboxylic acids is 1. The molecular formula is C15H20BrNO3S. The lowest BCUT2D eigenvalue weighted by Gasteiger charge is -2.46. The second-order valence-electron chi connectivity index (χ2n) is 6.30. The zero-order valence-corrected chi connectivity index (χ0v) is 14.8. The number of hydrogen-bond acceptors (Lipinski definition) is 3. The SMILES string of the molecule is CC1C(NC(=O)c2csc(Br)c2)CCC(C(=O)O)C1(C)C. The third-order valence-electron chi connectivity index (χ3n) is 4.89. The fraction of sp³-hybridized carbons (Fsp3) is 0.600. The summed E-state index contributed by atoms with van der Waals surface area (Å²) < 4.78 is 0.926. The van der Waals surface area contributed by atoms with Crippen LogP contribution in [0.5, 0.6) is 0 Å². The van der Waals surface area contributed by atoms with Gasteiger partial charge in [-0.2, -0.15) is 0 Å². The Balaban J connectivity index is 2.09. The summed E-state index contributed by atoms with van der Waals surface area (Å²) in [6, 6.07) is 1.82. The summed E-state index contributed by atoms with van der Waals surface area (Å²) in [7, 11) is 0. The van der Waals surface area contributed by atoms with E-state index >= 15 is 0 Å². The maximum Gasteiger partial charge on any atom is 0.307 e. The van der Waals surface area contributed by atoms with Gasteiger partial charge in [0.05, 0.1) is 15.3 Å². The molecule has 2 rings (SSSR count). The third kappa shape index (κ3) is 3.31. The molecule has 1 aliphatic carbocycles. The zero-order valence-electron chi connectivity index (χ0n) is 12.4. The van der Waals surface area contributed by atoms with Gasteiger partial charge in [0.2, 0.25) is 0 Å². The summed E-state index contributed by atoms with van der Waals surface area (Å²) in [5.74, 6) is -1.06. The molecule has 3 unspecified atom stereocenters. The number of rotatable bonds is 3. The van der Waals surface area contributed by atoms with Crippen molar-refractivity contribution in [2.45, 2.75) is 39.7 Å². The van der Waals surface area contributed by atoms with Crippen LogP contribution in [-0.2, 0) is 4.79 Å². The number of carbonyl (C=O) groups is 2. The number of hydrogen-bond donors (Lipinski definition) is 2. The molecule has 1 aromatic rings. The molecule has 0 aliphatic heterocycles. The van der Waals surface area contributed by atoms with Crippen molar-refractivity contribution in [3.63, 3.8) is 0 Å². The van der Waals surface area contributed by atoms with Crippen LogP contribution in [-0.4, -0.2) is 23.0 Å². The Hall–Kier alpha value is -0.880. The van der Waals surface area contributed by atoms with Crippen molar-refractivity contribution in [2.24, 2.45) is 17.3 Å². The molecule has 1 fully saturated rings. The average molecular weight is 374 g/mol. The molecule has 0 spiro atoms. The molecule has 116 valence electrons. The summed E-state index contributed by atoms with van der Waals surface area (Å²) in [6.07, 6.45) is 1.31. The van der Waals surface area contributed by atoms with Gasteiger partial charge in [0.1, 0.15) is 0 Å². The van der Waals surface area contributed by atoms with Gasteiger partial charge in [-0.25, -0.2) is 0 Å². The van der Waals surface area contributed by atoms with Gasteiger partial charge in [-0.05, 0) is 46.2 Å². The predicted molar refractivity (Wildman–Crippen MR) is 86.6 cm³/mol. The fourth-order valence-electron chi connectivity index (χ4n) is 3.12. The minimum atomic E-state index is -0.738. The number of halogens is 1. The van der Waals surface area contributed by atoms with Gasteiger partial charge in [0.25, 0.3) is 5.91 Å². The maximum absolute atomic E-state index is 12.3. The number of thiophene rings is 1. The highest BCUT2D eigenvalue weighted by atomic mass is 79.9. The number of carboxylic acids is 1. The highest BCUT2D eigenvalue weighted by molar-refractivity contribution is 9.11. The lowest BCUT2D eigenvalue weighted by molar-refractivity contribution is -0.150. The first-order valence-electron chi connectivity index (χ1n) is 7.01. The molecule has 6 heteroatoms. The molecule has 1 saturated carbocycles. The summed E-state index contributed by atoms with van der Waals surface area (Å²) in [6.45, 7) is 6.00. The van der Waals surface area contributed by atoms with E-state index in [4.69, 9.17) is 0 Å². The maximum atomic E-state index is 12.3. The van der Waals surface area contributed by atoms with Crippen LogP contribution in [0.25, 0.3) is 0 Å². The van der Waals surface area contributed by atoms with Crippen LogP contribution >= 0.6 is 27.3 Å². The van der Waals surface area contributed by atoms with E-state index in [-0.39, 0.29) is 29.2 Å². The number of amides is 1. The summed E-state index contributed by atoms with van der Waals surface area (Å²) in [4.78, 5) is 23.6. The Morgan fingerprint density at radius 1 is 1.43 bits per heavy atom. The van der Waals surface area contributed by atoms with Gasteiger partial charge in [-0.1, -0.05) is 20.8 Å². The Labute approximate surface area is 137 Å². The molecule has 21 heavy (non-hydrogen) atoms. The normalized spacial score (nSPS) is 28.1. The highest BCUT2D eigenvalue weighted by Crippen LogP contribution is 2.45. The fourth-order valence-corrected chi connectivity index (χ4v) is 4.26. The Bertz CT molecular complexity index is 555. The van der Waals surface area contributed by atoms with E-state index in [9.17, 15) is 14.7 Å². The monoisotopic (exact) mass is 373 g/mol. The van der Waals surface area contributed by atoms with Crippen LogP contribution < -0.4 is 5.32 Å². The molecule has 2 N–H and O–H groups in total. The Morgan fingerprint density at radius 2 is 2.10 bits per heavy atom. The van der Waals surface area contributed by atoms with Gasteiger partial charge >= 0.3 is 5.97 Å². The van der Waals surface area contributed by atoms with Crippen LogP contribution in [0.1, 0.15) is 44.0 Å². The molecule has 1 aliphatic rings. The van der Waals surface area contributed by atoms with E-state index in [1.807, 2.05) is 26.2 Å². The molecule has 0 bridgehead atoms. The second kappa shape index (κ2) is 6.08. The van der Waals surface area contributed by atoms with Crippen LogP contribution in [0.15, 0.2) is 15.2 Å². The first kappa shape index (κ1) is 16.5. The second-order valence-corrected chi connectivity index (χ2v) is 8.59. The predicted octanol–water partition coefficient (Wildman–Crippen LogP) is 3.77. The first-order chi connectivity index (χ1) is 9.73.